The Morgan fingerprint density at radius 3 is 2.61 bits per heavy atom. The lowest BCUT2D eigenvalue weighted by atomic mass is 9.97. The van der Waals surface area contributed by atoms with Crippen LogP contribution in [0.2, 0.25) is 0 Å². The van der Waals surface area contributed by atoms with Gasteiger partial charge in [0, 0.05) is 50.8 Å². The Hall–Kier alpha value is -2.90. The monoisotopic (exact) mass is 382 g/mol. The summed E-state index contributed by atoms with van der Waals surface area (Å²) in [5.41, 5.74) is 9.57. The van der Waals surface area contributed by atoms with E-state index in [1.54, 1.807) is 25.1 Å². The number of benzene rings is 2. The molecule has 2 aromatic carbocycles. The smallest absolute Gasteiger partial charge is 0.251 e. The van der Waals surface area contributed by atoms with Gasteiger partial charge in [0.15, 0.2) is 0 Å². The summed E-state index contributed by atoms with van der Waals surface area (Å²) in [4.78, 5) is 25.7. The van der Waals surface area contributed by atoms with Crippen LogP contribution in [0.3, 0.4) is 0 Å². The predicted molar refractivity (Wildman–Crippen MR) is 108 cm³/mol. The van der Waals surface area contributed by atoms with Gasteiger partial charge in [0.1, 0.15) is 5.75 Å². The molecule has 0 aromatic heterocycles. The Kier molecular flexibility index (Phi) is 6.28. The first-order chi connectivity index (χ1) is 13.5. The number of nitrogens with zero attached hydrogens (tertiary/aromatic N) is 1. The average Bonchev–Trinajstić information content (AvgIpc) is 3.25. The molecule has 2 aromatic rings. The van der Waals surface area contributed by atoms with E-state index in [0.717, 1.165) is 29.9 Å². The minimum Gasteiger partial charge on any atom is -0.496 e. The summed E-state index contributed by atoms with van der Waals surface area (Å²) in [6, 6.07) is 13.1. The van der Waals surface area contributed by atoms with E-state index in [1.165, 1.54) is 6.92 Å². The van der Waals surface area contributed by atoms with Crippen LogP contribution >= 0.6 is 0 Å². The van der Waals surface area contributed by atoms with E-state index in [1.807, 2.05) is 36.4 Å². The van der Waals surface area contributed by atoms with Crippen molar-refractivity contribution in [3.05, 3.63) is 59.2 Å². The Morgan fingerprint density at radius 1 is 1.18 bits per heavy atom. The van der Waals surface area contributed by atoms with Crippen molar-refractivity contribution >= 4 is 17.5 Å². The quantitative estimate of drug-likeness (QED) is 0.710. The normalized spacial score (nSPS) is 14.0. The molecule has 0 spiro atoms. The van der Waals surface area contributed by atoms with Crippen molar-refractivity contribution in [3.63, 3.8) is 0 Å². The summed E-state index contributed by atoms with van der Waals surface area (Å²) in [5, 5.41) is 2.93. The zero-order valence-electron chi connectivity index (χ0n) is 16.4. The molecule has 1 aliphatic rings. The van der Waals surface area contributed by atoms with Crippen molar-refractivity contribution in [2.45, 2.75) is 19.4 Å². The van der Waals surface area contributed by atoms with Crippen LogP contribution in [0.4, 0.5) is 5.69 Å². The second-order valence-corrected chi connectivity index (χ2v) is 6.85. The fraction of sp³-hybridized carbons (Fsp3) is 0.333. The highest BCUT2D eigenvalue weighted by Crippen LogP contribution is 2.28. The summed E-state index contributed by atoms with van der Waals surface area (Å²) in [6.07, 6.45) is 0. The van der Waals surface area contributed by atoms with Gasteiger partial charge in [-0.15, -0.1) is 0 Å². The van der Waals surface area contributed by atoms with E-state index in [4.69, 9.17) is 4.74 Å². The van der Waals surface area contributed by atoms with Crippen LogP contribution in [0, 0.1) is 0 Å². The van der Waals surface area contributed by atoms with Crippen molar-refractivity contribution in [1.29, 1.82) is 0 Å². The molecule has 0 unspecified atom stereocenters. The van der Waals surface area contributed by atoms with Crippen LogP contribution in [0.1, 0.15) is 34.3 Å². The molecule has 0 atom stereocenters. The first kappa shape index (κ1) is 19.9. The SMILES string of the molecule is COc1cc(C(=O)NCc2cccc(N(C)C(C)=O)c2)ccc1C1CNNC1. The molecule has 1 aliphatic heterocycles. The van der Waals surface area contributed by atoms with Crippen LogP contribution in [-0.2, 0) is 11.3 Å². The highest BCUT2D eigenvalue weighted by molar-refractivity contribution is 5.95. The lowest BCUT2D eigenvalue weighted by molar-refractivity contribution is -0.116. The van der Waals surface area contributed by atoms with E-state index in [0.29, 0.717) is 23.8 Å². The van der Waals surface area contributed by atoms with Crippen molar-refractivity contribution < 1.29 is 14.3 Å². The van der Waals surface area contributed by atoms with E-state index < -0.39 is 0 Å². The maximum atomic E-state index is 12.6. The molecule has 0 radical (unpaired) electrons. The van der Waals surface area contributed by atoms with E-state index in [2.05, 4.69) is 16.2 Å². The van der Waals surface area contributed by atoms with Gasteiger partial charge < -0.3 is 15.0 Å². The lowest BCUT2D eigenvalue weighted by Gasteiger charge is -2.16. The van der Waals surface area contributed by atoms with Gasteiger partial charge in [-0.1, -0.05) is 18.2 Å². The Morgan fingerprint density at radius 2 is 1.93 bits per heavy atom. The molecular weight excluding hydrogens is 356 g/mol. The molecule has 3 rings (SSSR count). The Labute approximate surface area is 165 Å². The minimum absolute atomic E-state index is 0.0407. The second kappa shape index (κ2) is 8.86. The first-order valence-corrected chi connectivity index (χ1v) is 9.24. The Bertz CT molecular complexity index is 862. The van der Waals surface area contributed by atoms with Crippen molar-refractivity contribution in [2.24, 2.45) is 0 Å². The summed E-state index contributed by atoms with van der Waals surface area (Å²) >= 11 is 0. The highest BCUT2D eigenvalue weighted by atomic mass is 16.5. The molecular formula is C21H26N4O3. The van der Waals surface area contributed by atoms with Gasteiger partial charge in [0.05, 0.1) is 7.11 Å². The van der Waals surface area contributed by atoms with Crippen molar-refractivity contribution in [3.8, 4) is 5.75 Å². The first-order valence-electron chi connectivity index (χ1n) is 9.24. The number of amides is 2. The minimum atomic E-state index is -0.169. The predicted octanol–water partition coefficient (Wildman–Crippen LogP) is 1.80. The van der Waals surface area contributed by atoms with Gasteiger partial charge in [-0.05, 0) is 35.4 Å². The topological polar surface area (TPSA) is 82.7 Å². The average molecular weight is 382 g/mol. The van der Waals surface area contributed by atoms with Gasteiger partial charge in [0.2, 0.25) is 5.91 Å². The lowest BCUT2D eigenvalue weighted by Crippen LogP contribution is -2.24. The molecule has 7 heteroatoms. The number of anilines is 1. The summed E-state index contributed by atoms with van der Waals surface area (Å²) < 4.78 is 5.50. The molecule has 148 valence electrons. The van der Waals surface area contributed by atoms with Gasteiger partial charge in [-0.3, -0.25) is 20.4 Å². The largest absolute Gasteiger partial charge is 0.496 e. The van der Waals surface area contributed by atoms with Crippen LogP contribution < -0.4 is 25.8 Å². The number of rotatable bonds is 6. The number of ether oxygens (including phenoxy) is 1. The van der Waals surface area contributed by atoms with Gasteiger partial charge in [-0.25, -0.2) is 0 Å². The number of methoxy groups -OCH3 is 1. The number of hydrogen-bond donors (Lipinski definition) is 3. The molecule has 1 saturated heterocycles. The van der Waals surface area contributed by atoms with Crippen LogP contribution in [-0.4, -0.2) is 39.1 Å². The van der Waals surface area contributed by atoms with Crippen molar-refractivity contribution in [2.75, 3.05) is 32.1 Å². The molecule has 2 amide bonds. The fourth-order valence-corrected chi connectivity index (χ4v) is 3.21. The number of hydrazine groups is 1. The fourth-order valence-electron chi connectivity index (χ4n) is 3.21. The number of hydrogen-bond acceptors (Lipinski definition) is 5. The Balaban J connectivity index is 1.68. The number of carbonyl (C=O) groups excluding carboxylic acids is 2. The molecule has 3 N–H and O–H groups in total. The van der Waals surface area contributed by atoms with Gasteiger partial charge >= 0.3 is 0 Å². The molecule has 0 bridgehead atoms. The number of carbonyl (C=O) groups is 2. The standard InChI is InChI=1S/C21H26N4O3/c1-14(26)25(2)18-6-4-5-15(9-18)11-22-21(27)16-7-8-19(20(10-16)28-3)17-12-23-24-13-17/h4-10,17,23-24H,11-13H2,1-3H3,(H,22,27). The highest BCUT2D eigenvalue weighted by Gasteiger charge is 2.21. The third-order valence-electron chi connectivity index (χ3n) is 4.98. The van der Waals surface area contributed by atoms with Gasteiger partial charge in [0.25, 0.3) is 5.91 Å². The molecule has 28 heavy (non-hydrogen) atoms. The molecule has 1 heterocycles. The second-order valence-electron chi connectivity index (χ2n) is 6.85. The molecule has 7 nitrogen and oxygen atoms in total. The zero-order chi connectivity index (χ0) is 20.1. The third-order valence-corrected chi connectivity index (χ3v) is 4.98. The maximum Gasteiger partial charge on any atom is 0.251 e. The van der Waals surface area contributed by atoms with Crippen molar-refractivity contribution in [1.82, 2.24) is 16.2 Å². The summed E-state index contributed by atoms with van der Waals surface area (Å²) in [6.45, 7) is 3.54. The van der Waals surface area contributed by atoms with E-state index in [9.17, 15) is 9.59 Å². The van der Waals surface area contributed by atoms with E-state index in [-0.39, 0.29) is 11.8 Å². The molecule has 1 fully saturated rings. The number of nitrogens with one attached hydrogen (secondary N) is 3. The van der Waals surface area contributed by atoms with Crippen LogP contribution in [0.25, 0.3) is 0 Å². The third kappa shape index (κ3) is 4.49. The zero-order valence-corrected chi connectivity index (χ0v) is 16.4. The summed E-state index contributed by atoms with van der Waals surface area (Å²) in [7, 11) is 3.34. The molecule has 0 aliphatic carbocycles. The van der Waals surface area contributed by atoms with E-state index >= 15 is 0 Å². The maximum absolute atomic E-state index is 12.6. The van der Waals surface area contributed by atoms with Crippen LogP contribution in [0.15, 0.2) is 42.5 Å². The summed E-state index contributed by atoms with van der Waals surface area (Å²) in [5.74, 6) is 0.820. The molecule has 0 saturated carbocycles. The van der Waals surface area contributed by atoms with Gasteiger partial charge in [-0.2, -0.15) is 0 Å². The van der Waals surface area contributed by atoms with Crippen LogP contribution in [0.5, 0.6) is 5.75 Å².